The Bertz CT molecular complexity index is 463. The highest BCUT2D eigenvalue weighted by Gasteiger charge is 2.56. The maximum absolute atomic E-state index is 11.8. The van der Waals surface area contributed by atoms with E-state index >= 15 is 0 Å². The lowest BCUT2D eigenvalue weighted by Crippen LogP contribution is -2.53. The Morgan fingerprint density at radius 3 is 2.78 bits per heavy atom. The monoisotopic (exact) mass is 308 g/mol. The third-order valence-corrected chi connectivity index (χ3v) is 4.87. The van der Waals surface area contributed by atoms with Crippen molar-refractivity contribution in [3.8, 4) is 0 Å². The summed E-state index contributed by atoms with van der Waals surface area (Å²) in [5.41, 5.74) is 1.06. The second-order valence-electron chi connectivity index (χ2n) is 5.42. The van der Waals surface area contributed by atoms with Gasteiger partial charge in [0.2, 0.25) is 0 Å². The van der Waals surface area contributed by atoms with Gasteiger partial charge in [-0.3, -0.25) is 4.79 Å². The van der Waals surface area contributed by atoms with Crippen molar-refractivity contribution in [2.75, 3.05) is 0 Å². The van der Waals surface area contributed by atoms with Crippen molar-refractivity contribution >= 4 is 21.7 Å². The molecule has 1 unspecified atom stereocenters. The number of carbonyl (C=O) groups is 1. The standard InChI is InChI=1S/C15H17BrO2/c16-12-5-3-4-11(8-12)10-18-14-9-13(17)15(14)6-1-2-7-15/h3-5,8,14H,1-2,6-7,9-10H2. The van der Waals surface area contributed by atoms with Crippen LogP contribution in [-0.4, -0.2) is 11.9 Å². The maximum atomic E-state index is 11.8. The first kappa shape index (κ1) is 12.4. The zero-order valence-corrected chi connectivity index (χ0v) is 11.9. The van der Waals surface area contributed by atoms with E-state index in [0.29, 0.717) is 18.8 Å². The molecule has 0 amide bonds. The van der Waals surface area contributed by atoms with Gasteiger partial charge in [0.1, 0.15) is 5.78 Å². The Kier molecular flexibility index (Phi) is 3.29. The van der Waals surface area contributed by atoms with Gasteiger partial charge >= 0.3 is 0 Å². The van der Waals surface area contributed by atoms with E-state index < -0.39 is 0 Å². The largest absolute Gasteiger partial charge is 0.372 e. The molecule has 2 fully saturated rings. The number of ether oxygens (including phenoxy) is 1. The van der Waals surface area contributed by atoms with Gasteiger partial charge in [-0.2, -0.15) is 0 Å². The summed E-state index contributed by atoms with van der Waals surface area (Å²) in [6.07, 6.45) is 5.22. The zero-order chi connectivity index (χ0) is 12.6. The van der Waals surface area contributed by atoms with E-state index in [2.05, 4.69) is 28.1 Å². The number of carbonyl (C=O) groups excluding carboxylic acids is 1. The van der Waals surface area contributed by atoms with Crippen molar-refractivity contribution in [1.29, 1.82) is 0 Å². The molecule has 2 saturated carbocycles. The number of ketones is 1. The van der Waals surface area contributed by atoms with Gasteiger partial charge in [-0.1, -0.05) is 40.9 Å². The number of halogens is 1. The van der Waals surface area contributed by atoms with E-state index in [-0.39, 0.29) is 11.5 Å². The SMILES string of the molecule is O=C1CC(OCc2cccc(Br)c2)C12CCCC2. The van der Waals surface area contributed by atoms with E-state index in [4.69, 9.17) is 4.74 Å². The van der Waals surface area contributed by atoms with Gasteiger partial charge < -0.3 is 4.74 Å². The third kappa shape index (κ3) is 2.04. The first-order valence-electron chi connectivity index (χ1n) is 6.60. The van der Waals surface area contributed by atoms with Gasteiger partial charge in [0.25, 0.3) is 0 Å². The smallest absolute Gasteiger partial charge is 0.144 e. The molecule has 3 heteroatoms. The van der Waals surface area contributed by atoms with E-state index in [1.165, 1.54) is 12.8 Å². The van der Waals surface area contributed by atoms with Gasteiger partial charge in [-0.25, -0.2) is 0 Å². The van der Waals surface area contributed by atoms with Crippen LogP contribution >= 0.6 is 15.9 Å². The molecule has 0 radical (unpaired) electrons. The third-order valence-electron chi connectivity index (χ3n) is 4.38. The van der Waals surface area contributed by atoms with Crippen LogP contribution in [0.1, 0.15) is 37.7 Å². The summed E-state index contributed by atoms with van der Waals surface area (Å²) in [6.45, 7) is 0.610. The first-order valence-corrected chi connectivity index (χ1v) is 7.39. The van der Waals surface area contributed by atoms with E-state index in [1.54, 1.807) is 0 Å². The predicted octanol–water partition coefficient (Wildman–Crippen LogP) is 3.87. The second kappa shape index (κ2) is 4.78. The number of benzene rings is 1. The van der Waals surface area contributed by atoms with Crippen LogP contribution in [0.15, 0.2) is 28.7 Å². The van der Waals surface area contributed by atoms with Crippen molar-refractivity contribution in [2.24, 2.45) is 5.41 Å². The highest BCUT2D eigenvalue weighted by atomic mass is 79.9. The van der Waals surface area contributed by atoms with Crippen LogP contribution in [0.5, 0.6) is 0 Å². The lowest BCUT2D eigenvalue weighted by molar-refractivity contribution is -0.164. The Balaban J connectivity index is 1.63. The molecule has 2 aliphatic rings. The van der Waals surface area contributed by atoms with Crippen LogP contribution < -0.4 is 0 Å². The average Bonchev–Trinajstić information content (AvgIpc) is 2.86. The minimum absolute atomic E-state index is 0.105. The fourth-order valence-corrected chi connectivity index (χ4v) is 3.71. The summed E-state index contributed by atoms with van der Waals surface area (Å²) >= 11 is 3.46. The van der Waals surface area contributed by atoms with Crippen molar-refractivity contribution in [2.45, 2.75) is 44.8 Å². The molecule has 1 spiro atoms. The van der Waals surface area contributed by atoms with Crippen LogP contribution in [0, 0.1) is 5.41 Å². The minimum atomic E-state index is -0.105. The Hall–Kier alpha value is -0.670. The summed E-state index contributed by atoms with van der Waals surface area (Å²) in [5, 5.41) is 0. The molecule has 2 aliphatic carbocycles. The van der Waals surface area contributed by atoms with Crippen LogP contribution in [0.2, 0.25) is 0 Å². The molecule has 1 atom stereocenters. The van der Waals surface area contributed by atoms with Crippen LogP contribution in [0.4, 0.5) is 0 Å². The summed E-state index contributed by atoms with van der Waals surface area (Å²) in [7, 11) is 0. The first-order chi connectivity index (χ1) is 8.71. The molecule has 2 nitrogen and oxygen atoms in total. The van der Waals surface area contributed by atoms with E-state index in [1.807, 2.05) is 12.1 Å². The number of hydrogen-bond donors (Lipinski definition) is 0. The van der Waals surface area contributed by atoms with E-state index in [9.17, 15) is 4.79 Å². The van der Waals surface area contributed by atoms with Crippen molar-refractivity contribution in [3.63, 3.8) is 0 Å². The minimum Gasteiger partial charge on any atom is -0.372 e. The Morgan fingerprint density at radius 2 is 2.11 bits per heavy atom. The number of rotatable bonds is 3. The molecule has 96 valence electrons. The summed E-state index contributed by atoms with van der Waals surface area (Å²) in [6, 6.07) is 8.16. The number of hydrogen-bond acceptors (Lipinski definition) is 2. The fourth-order valence-electron chi connectivity index (χ4n) is 3.26. The quantitative estimate of drug-likeness (QED) is 0.847. The van der Waals surface area contributed by atoms with Gasteiger partial charge in [0.05, 0.1) is 18.1 Å². The summed E-state index contributed by atoms with van der Waals surface area (Å²) in [5.74, 6) is 0.430. The van der Waals surface area contributed by atoms with Crippen molar-refractivity contribution < 1.29 is 9.53 Å². The zero-order valence-electron chi connectivity index (χ0n) is 10.3. The summed E-state index contributed by atoms with van der Waals surface area (Å²) < 4.78 is 7.06. The molecule has 0 aromatic heterocycles. The average molecular weight is 309 g/mol. The molecule has 18 heavy (non-hydrogen) atoms. The van der Waals surface area contributed by atoms with E-state index in [0.717, 1.165) is 22.9 Å². The van der Waals surface area contributed by atoms with Gasteiger partial charge in [-0.05, 0) is 30.5 Å². The fraction of sp³-hybridized carbons (Fsp3) is 0.533. The van der Waals surface area contributed by atoms with Crippen LogP contribution in [0.25, 0.3) is 0 Å². The predicted molar refractivity (Wildman–Crippen MR) is 73.2 cm³/mol. The van der Waals surface area contributed by atoms with Gasteiger partial charge in [0.15, 0.2) is 0 Å². The lowest BCUT2D eigenvalue weighted by atomic mass is 9.63. The normalized spacial score (nSPS) is 25.4. The topological polar surface area (TPSA) is 26.3 Å². The molecule has 1 aromatic carbocycles. The summed E-state index contributed by atoms with van der Waals surface area (Å²) in [4.78, 5) is 11.8. The molecular weight excluding hydrogens is 292 g/mol. The van der Waals surface area contributed by atoms with Crippen LogP contribution in [-0.2, 0) is 16.1 Å². The highest BCUT2D eigenvalue weighted by molar-refractivity contribution is 9.10. The van der Waals surface area contributed by atoms with Gasteiger partial charge in [0, 0.05) is 10.9 Å². The molecule has 0 heterocycles. The Labute approximate surface area is 116 Å². The molecule has 0 aliphatic heterocycles. The van der Waals surface area contributed by atoms with Crippen molar-refractivity contribution in [1.82, 2.24) is 0 Å². The molecule has 1 aromatic rings. The Morgan fingerprint density at radius 1 is 1.33 bits per heavy atom. The lowest BCUT2D eigenvalue weighted by Gasteiger charge is -2.44. The second-order valence-corrected chi connectivity index (χ2v) is 6.34. The maximum Gasteiger partial charge on any atom is 0.144 e. The van der Waals surface area contributed by atoms with Gasteiger partial charge in [-0.15, -0.1) is 0 Å². The molecule has 0 saturated heterocycles. The van der Waals surface area contributed by atoms with Crippen molar-refractivity contribution in [3.05, 3.63) is 34.3 Å². The van der Waals surface area contributed by atoms with Crippen LogP contribution in [0.3, 0.4) is 0 Å². The highest BCUT2D eigenvalue weighted by Crippen LogP contribution is 2.52. The molecule has 0 bridgehead atoms. The molecule has 3 rings (SSSR count). The molecule has 0 N–H and O–H groups in total. The number of Topliss-reactive ketones (excluding diaryl/α,β-unsaturated/α-hetero) is 1. The molecular formula is C15H17BrO2.